The van der Waals surface area contributed by atoms with E-state index in [0.29, 0.717) is 28.5 Å². The summed E-state index contributed by atoms with van der Waals surface area (Å²) < 4.78 is 47.7. The Morgan fingerprint density at radius 1 is 1.09 bits per heavy atom. The first-order chi connectivity index (χ1) is 16.6. The summed E-state index contributed by atoms with van der Waals surface area (Å²) in [5.41, 5.74) is 15.0. The summed E-state index contributed by atoms with van der Waals surface area (Å²) in [6.07, 6.45) is 0.720. The highest BCUT2D eigenvalue weighted by atomic mass is 19.4. The Hall–Kier alpha value is -2.92. The molecule has 1 heterocycles. The molecule has 0 atom stereocenters. The van der Waals surface area contributed by atoms with Crippen molar-refractivity contribution in [2.45, 2.75) is 63.3 Å². The Morgan fingerprint density at radius 3 is 2.54 bits per heavy atom. The second-order valence-electron chi connectivity index (χ2n) is 9.41. The predicted octanol–water partition coefficient (Wildman–Crippen LogP) is 3.97. The lowest BCUT2D eigenvalue weighted by Gasteiger charge is -2.35. The molecule has 0 aliphatic heterocycles. The van der Waals surface area contributed by atoms with Gasteiger partial charge in [-0.25, -0.2) is 9.97 Å². The van der Waals surface area contributed by atoms with Crippen molar-refractivity contribution in [3.63, 3.8) is 0 Å². The molecule has 8 nitrogen and oxygen atoms in total. The highest BCUT2D eigenvalue weighted by Gasteiger charge is 2.41. The Labute approximate surface area is 201 Å². The summed E-state index contributed by atoms with van der Waals surface area (Å²) in [5, 5.41) is 4.32. The Morgan fingerprint density at radius 2 is 1.83 bits per heavy atom. The quantitative estimate of drug-likeness (QED) is 0.443. The molecule has 2 aromatic rings. The summed E-state index contributed by atoms with van der Waals surface area (Å²) in [5.74, 6) is 1.01. The van der Waals surface area contributed by atoms with Crippen LogP contribution in [0.25, 0.3) is 11.3 Å². The van der Waals surface area contributed by atoms with Crippen LogP contribution in [0.2, 0.25) is 0 Å². The highest BCUT2D eigenvalue weighted by molar-refractivity contribution is 6.15. The monoisotopic (exact) mass is 493 g/mol. The van der Waals surface area contributed by atoms with Crippen molar-refractivity contribution in [2.24, 2.45) is 10.9 Å². The van der Waals surface area contributed by atoms with Gasteiger partial charge in [0.15, 0.2) is 0 Å². The number of fused-ring (bicyclic) bond motifs is 3. The van der Waals surface area contributed by atoms with Crippen LogP contribution in [0.5, 0.6) is 5.75 Å². The summed E-state index contributed by atoms with van der Waals surface area (Å²) in [4.78, 5) is 14.0. The molecule has 0 bridgehead atoms. The fourth-order valence-electron chi connectivity index (χ4n) is 4.63. The van der Waals surface area contributed by atoms with E-state index in [4.69, 9.17) is 21.0 Å². The van der Waals surface area contributed by atoms with Gasteiger partial charge >= 0.3 is 6.18 Å². The van der Waals surface area contributed by atoms with E-state index in [1.165, 1.54) is 6.33 Å². The minimum absolute atomic E-state index is 0.0807. The largest absolute Gasteiger partial charge is 0.490 e. The van der Waals surface area contributed by atoms with Gasteiger partial charge in [0.2, 0.25) is 0 Å². The summed E-state index contributed by atoms with van der Waals surface area (Å²) in [7, 11) is 0. The zero-order valence-electron chi connectivity index (χ0n) is 19.8. The normalized spacial score (nSPS) is 22.4. The van der Waals surface area contributed by atoms with E-state index in [0.717, 1.165) is 36.8 Å². The molecule has 0 saturated heterocycles. The third-order valence-electron chi connectivity index (χ3n) is 6.36. The lowest BCUT2D eigenvalue weighted by molar-refractivity contribution is -0.176. The summed E-state index contributed by atoms with van der Waals surface area (Å²) >= 11 is 0. The zero-order chi connectivity index (χ0) is 25.2. The number of nitrogens with zero attached hydrogens (tertiary/aromatic N) is 3. The van der Waals surface area contributed by atoms with E-state index < -0.39 is 18.2 Å². The van der Waals surface area contributed by atoms with Gasteiger partial charge < -0.3 is 25.8 Å². The second kappa shape index (κ2) is 9.98. The van der Waals surface area contributed by atoms with Crippen LogP contribution < -0.4 is 16.2 Å². The van der Waals surface area contributed by atoms with Gasteiger partial charge in [-0.2, -0.15) is 13.2 Å². The van der Waals surface area contributed by atoms with Crippen LogP contribution in [-0.2, 0) is 15.0 Å². The van der Waals surface area contributed by atoms with Crippen molar-refractivity contribution < 1.29 is 27.5 Å². The van der Waals surface area contributed by atoms with E-state index >= 15 is 0 Å². The number of nitrogen functional groups attached to an aromatic ring is 1. The number of oxime groups is 1. The first-order valence-corrected chi connectivity index (χ1v) is 11.6. The minimum Gasteiger partial charge on any atom is -0.490 e. The molecule has 1 aromatic heterocycles. The molecule has 1 saturated carbocycles. The first-order valence-electron chi connectivity index (χ1n) is 11.6. The third-order valence-corrected chi connectivity index (χ3v) is 6.36. The maximum Gasteiger partial charge on any atom is 0.411 e. The van der Waals surface area contributed by atoms with Gasteiger partial charge in [-0.3, -0.25) is 0 Å². The van der Waals surface area contributed by atoms with Gasteiger partial charge in [-0.15, -0.1) is 0 Å². The van der Waals surface area contributed by atoms with E-state index in [2.05, 4.69) is 19.9 Å². The Balaban J connectivity index is 1.62. The smallest absolute Gasteiger partial charge is 0.411 e. The van der Waals surface area contributed by atoms with Gasteiger partial charge in [-0.05, 0) is 57.7 Å². The maximum atomic E-state index is 12.3. The maximum absolute atomic E-state index is 12.3. The molecule has 35 heavy (non-hydrogen) atoms. The van der Waals surface area contributed by atoms with Crippen molar-refractivity contribution in [2.75, 3.05) is 25.6 Å². The third kappa shape index (κ3) is 5.67. The van der Waals surface area contributed by atoms with Crippen LogP contribution >= 0.6 is 0 Å². The van der Waals surface area contributed by atoms with Gasteiger partial charge in [0, 0.05) is 28.1 Å². The molecular weight excluding hydrogens is 463 g/mol. The van der Waals surface area contributed by atoms with Gasteiger partial charge in [0.05, 0.1) is 24.1 Å². The number of hydrogen-bond acceptors (Lipinski definition) is 8. The number of nitrogens with two attached hydrogens (primary N) is 2. The number of aromatic nitrogens is 2. The van der Waals surface area contributed by atoms with Crippen LogP contribution in [0.3, 0.4) is 0 Å². The molecule has 0 unspecified atom stereocenters. The van der Waals surface area contributed by atoms with Crippen LogP contribution in [0, 0.1) is 0 Å². The van der Waals surface area contributed by atoms with Crippen LogP contribution in [0.1, 0.15) is 50.7 Å². The van der Waals surface area contributed by atoms with Gasteiger partial charge in [-0.1, -0.05) is 5.16 Å². The summed E-state index contributed by atoms with van der Waals surface area (Å²) in [6, 6.07) is 5.91. The molecule has 2 aliphatic carbocycles. The van der Waals surface area contributed by atoms with Crippen molar-refractivity contribution in [1.82, 2.24) is 9.97 Å². The average molecular weight is 494 g/mol. The Bertz CT molecular complexity index is 1080. The van der Waals surface area contributed by atoms with Crippen molar-refractivity contribution >= 4 is 11.5 Å². The lowest BCUT2D eigenvalue weighted by Crippen LogP contribution is -2.36. The molecule has 0 radical (unpaired) electrons. The molecule has 2 aliphatic rings. The van der Waals surface area contributed by atoms with Crippen molar-refractivity contribution in [1.29, 1.82) is 0 Å². The van der Waals surface area contributed by atoms with E-state index in [9.17, 15) is 13.2 Å². The molecule has 1 aromatic carbocycles. The molecule has 190 valence electrons. The molecule has 11 heteroatoms. The standard InChI is InChI=1S/C24H30F3N5O3/c1-23(2)19-20(30-13-31-22(19)29)17-8-7-16(35-15-5-3-14(28)4-6-15)11-18(17)21(23)32-34-10-9-33-12-24(25,26)27/h7-8,11,13-15H,3-6,9-10,12,28H2,1-2H3,(H2,29,30,31)/b32-21+. The van der Waals surface area contributed by atoms with E-state index in [1.807, 2.05) is 32.0 Å². The minimum atomic E-state index is -4.39. The number of ether oxygens (including phenoxy) is 2. The number of rotatable bonds is 7. The fraction of sp³-hybridized carbons (Fsp3) is 0.542. The van der Waals surface area contributed by atoms with Crippen LogP contribution in [0.4, 0.5) is 19.0 Å². The lowest BCUT2D eigenvalue weighted by atomic mass is 9.70. The number of halogens is 3. The van der Waals surface area contributed by atoms with Crippen molar-refractivity contribution in [3.05, 3.63) is 35.7 Å². The van der Waals surface area contributed by atoms with Gasteiger partial charge in [0.1, 0.15) is 31.1 Å². The number of anilines is 1. The number of alkyl halides is 3. The topological polar surface area (TPSA) is 118 Å². The first kappa shape index (κ1) is 25.2. The van der Waals surface area contributed by atoms with Gasteiger partial charge in [0.25, 0.3) is 0 Å². The van der Waals surface area contributed by atoms with Crippen molar-refractivity contribution in [3.8, 4) is 17.0 Å². The fourth-order valence-corrected chi connectivity index (χ4v) is 4.63. The molecule has 0 spiro atoms. The highest BCUT2D eigenvalue weighted by Crippen LogP contribution is 2.45. The zero-order valence-corrected chi connectivity index (χ0v) is 19.8. The molecule has 0 amide bonds. The van der Waals surface area contributed by atoms with E-state index in [-0.39, 0.29) is 25.4 Å². The molecular formula is C24H30F3N5O3. The van der Waals surface area contributed by atoms with E-state index in [1.54, 1.807) is 0 Å². The average Bonchev–Trinajstić information content (AvgIpc) is 2.78. The molecule has 4 rings (SSSR count). The SMILES string of the molecule is CC1(C)/C(=N/OCCOCC(F)(F)F)c2cc(OC3CCC(N)CC3)ccc2-c2ncnc(N)c21. The second-order valence-corrected chi connectivity index (χ2v) is 9.41. The summed E-state index contributed by atoms with van der Waals surface area (Å²) in [6.45, 7) is 2.12. The molecule has 4 N–H and O–H groups in total. The number of benzene rings is 1. The Kier molecular flexibility index (Phi) is 7.18. The predicted molar refractivity (Wildman–Crippen MR) is 125 cm³/mol. The van der Waals surface area contributed by atoms with Crippen LogP contribution in [-0.4, -0.2) is 53.8 Å². The molecule has 1 fully saturated rings. The number of hydrogen-bond donors (Lipinski definition) is 2. The van der Waals surface area contributed by atoms with Crippen LogP contribution in [0.15, 0.2) is 29.7 Å².